The Kier molecular flexibility index (Phi) is 21.3. The fourth-order valence-corrected chi connectivity index (χ4v) is 25.1. The average molecular weight is 1280 g/mol. The van der Waals surface area contributed by atoms with Crippen molar-refractivity contribution >= 4 is 63.9 Å². The van der Waals surface area contributed by atoms with E-state index in [0.717, 1.165) is 98.0 Å². The van der Waals surface area contributed by atoms with Crippen molar-refractivity contribution in [2.75, 3.05) is 121 Å². The van der Waals surface area contributed by atoms with E-state index in [1.807, 2.05) is 84.5 Å². The molecule has 0 aromatic heterocycles. The van der Waals surface area contributed by atoms with Gasteiger partial charge in [0.1, 0.15) is 11.5 Å². The van der Waals surface area contributed by atoms with Gasteiger partial charge in [0.25, 0.3) is 22.3 Å². The number of methoxy groups -OCH3 is 2. The third-order valence-electron chi connectivity index (χ3n) is 17.5. The van der Waals surface area contributed by atoms with Crippen LogP contribution in [0.15, 0.2) is 97.1 Å². The van der Waals surface area contributed by atoms with E-state index in [-0.39, 0.29) is 11.1 Å². The second-order valence-corrected chi connectivity index (χ2v) is 37.6. The Hall–Kier alpha value is -5.44. The monoisotopic (exact) mass is 1280 g/mol. The maximum atomic E-state index is 13.9. The fourth-order valence-electron chi connectivity index (χ4n) is 14.3. The molecule has 6 aromatic rings. The molecule has 0 amide bonds. The van der Waals surface area contributed by atoms with Gasteiger partial charge in [-0.2, -0.15) is 0 Å². The van der Waals surface area contributed by atoms with Gasteiger partial charge in [-0.05, 0) is 218 Å². The van der Waals surface area contributed by atoms with Crippen molar-refractivity contribution in [3.05, 3.63) is 164 Å². The highest BCUT2D eigenvalue weighted by Crippen LogP contribution is 2.63. The molecule has 0 spiro atoms. The summed E-state index contributed by atoms with van der Waals surface area (Å²) in [7, 11) is -7.09. The van der Waals surface area contributed by atoms with Crippen LogP contribution in [0.1, 0.15) is 108 Å². The summed E-state index contributed by atoms with van der Waals surface area (Å²) in [5.41, 5.74) is 21.1. The molecule has 18 heteroatoms. The number of aryl methyl sites for hydroxylation is 12. The molecular formula is C70H104N8O6P4. The van der Waals surface area contributed by atoms with Gasteiger partial charge in [0.15, 0.2) is 0 Å². The molecule has 4 heterocycles. The lowest BCUT2D eigenvalue weighted by atomic mass is 10.0. The first kappa shape index (κ1) is 70.0. The summed E-state index contributed by atoms with van der Waals surface area (Å²) in [6.07, 6.45) is 0. The molecule has 6 aromatic carbocycles. The molecule has 4 aliphatic rings. The van der Waals surface area contributed by atoms with Crippen molar-refractivity contribution in [2.24, 2.45) is 0 Å². The van der Waals surface area contributed by atoms with Crippen LogP contribution in [0.5, 0.6) is 11.5 Å². The van der Waals surface area contributed by atoms with E-state index >= 15 is 0 Å². The Morgan fingerprint density at radius 2 is 0.500 bits per heavy atom. The molecule has 0 saturated carbocycles. The average Bonchev–Trinajstić information content (AvgIpc) is 1.60. The topological polar surface area (TPSA) is 113 Å². The van der Waals surface area contributed by atoms with Crippen LogP contribution in [0.3, 0.4) is 0 Å². The highest BCUT2D eigenvalue weighted by atomic mass is 31.2. The van der Waals surface area contributed by atoms with Crippen LogP contribution in [-0.4, -0.2) is 114 Å². The molecule has 0 radical (unpaired) electrons. The van der Waals surface area contributed by atoms with Gasteiger partial charge in [0.2, 0.25) is 7.44 Å². The Morgan fingerprint density at radius 1 is 0.307 bits per heavy atom. The quantitative estimate of drug-likeness (QED) is 0.135. The zero-order chi connectivity index (χ0) is 65.6. The van der Waals surface area contributed by atoms with Crippen molar-refractivity contribution in [1.82, 2.24) is 9.34 Å². The Bertz CT molecular complexity index is 3240. The second-order valence-electron chi connectivity index (χ2n) is 27.1. The van der Waals surface area contributed by atoms with Crippen LogP contribution in [0, 0.1) is 83.1 Å². The van der Waals surface area contributed by atoms with E-state index < -0.39 is 29.8 Å². The highest BCUT2D eigenvalue weighted by molar-refractivity contribution is 7.67. The third kappa shape index (κ3) is 14.7. The van der Waals surface area contributed by atoms with Gasteiger partial charge < -0.3 is 37.5 Å². The summed E-state index contributed by atoms with van der Waals surface area (Å²) in [4.78, 5) is 0. The van der Waals surface area contributed by atoms with Crippen molar-refractivity contribution in [2.45, 2.75) is 136 Å². The van der Waals surface area contributed by atoms with E-state index in [1.54, 1.807) is 14.2 Å². The number of hydrogen-bond donors (Lipinski definition) is 0. The summed E-state index contributed by atoms with van der Waals surface area (Å²) in [5, 5.41) is 0. The van der Waals surface area contributed by atoms with E-state index in [1.165, 1.54) is 66.8 Å². The van der Waals surface area contributed by atoms with Crippen molar-refractivity contribution in [3.63, 3.8) is 0 Å². The van der Waals surface area contributed by atoms with Crippen LogP contribution in [0.25, 0.3) is 0 Å². The van der Waals surface area contributed by atoms with Crippen LogP contribution >= 0.6 is 29.8 Å². The lowest BCUT2D eigenvalue weighted by molar-refractivity contribution is 0.269. The van der Waals surface area contributed by atoms with E-state index in [2.05, 4.69) is 201 Å². The molecular weight excluding hydrogens is 1170 g/mol. The minimum atomic E-state index is -2.68. The van der Waals surface area contributed by atoms with Crippen molar-refractivity contribution in [1.29, 1.82) is 0 Å². The van der Waals surface area contributed by atoms with Gasteiger partial charge >= 0.3 is 0 Å². The molecule has 4 fully saturated rings. The number of anilines is 6. The first-order valence-corrected chi connectivity index (χ1v) is 39.2. The van der Waals surface area contributed by atoms with Gasteiger partial charge in [-0.3, -0.25) is 18.3 Å². The molecule has 0 unspecified atom stereocenters. The number of nitrogens with zero attached hydrogens (tertiary/aromatic N) is 8. The fraction of sp³-hybridized carbons (Fsp3) is 0.486. The summed E-state index contributed by atoms with van der Waals surface area (Å²) in [5.74, 6) is 1.59. The second kappa shape index (κ2) is 26.8. The van der Waals surface area contributed by atoms with E-state index in [9.17, 15) is 18.3 Å². The van der Waals surface area contributed by atoms with Crippen LogP contribution in [0.4, 0.5) is 34.1 Å². The predicted molar refractivity (Wildman–Crippen MR) is 380 cm³/mol. The maximum Gasteiger partial charge on any atom is 0.260 e. The van der Waals surface area contributed by atoms with Crippen molar-refractivity contribution < 1.29 is 27.7 Å². The van der Waals surface area contributed by atoms with Crippen LogP contribution < -0.4 is 37.5 Å². The molecule has 4 aliphatic heterocycles. The van der Waals surface area contributed by atoms with E-state index in [4.69, 9.17) is 9.47 Å². The summed E-state index contributed by atoms with van der Waals surface area (Å²) >= 11 is 0. The maximum absolute atomic E-state index is 13.9. The predicted octanol–water partition coefficient (Wildman–Crippen LogP) is 18.3. The Balaban J connectivity index is 0.000000170. The first-order chi connectivity index (χ1) is 40.8. The normalized spacial score (nSPS) is 18.0. The van der Waals surface area contributed by atoms with Crippen LogP contribution in [-0.2, 0) is 18.3 Å². The van der Waals surface area contributed by atoms with Gasteiger partial charge in [-0.1, -0.05) is 70.8 Å². The standard InChI is InChI=1S/2C21H29N2OP.C17H21N2O3P.C11H25N2OP/c2*1-14-10-16(3)20(17(4)11-14)22-8-9-23(25(22,7)24)21-18(5)12-15(2)13-19(21)6;1-21-16-8-4-14(5-9-16)18-12-13-19(23(18,3)20)15-6-10-17(22-2)11-7-15;1-10(2,3)12-8-9-13(11(4,5)6)15(12,7)14/h2*10-13H,8-9H2,1-7H3;4-11H,12-13H2,1-3H3;8-9H2,1-7H3. The highest BCUT2D eigenvalue weighted by Gasteiger charge is 2.48. The van der Waals surface area contributed by atoms with Crippen molar-refractivity contribution in [3.8, 4) is 11.5 Å². The summed E-state index contributed by atoms with van der Waals surface area (Å²) in [6.45, 7) is 52.3. The molecule has 10 rings (SSSR count). The summed E-state index contributed by atoms with van der Waals surface area (Å²) < 4.78 is 81.3. The lowest BCUT2D eigenvalue weighted by Gasteiger charge is -2.40. The molecule has 88 heavy (non-hydrogen) atoms. The smallest absolute Gasteiger partial charge is 0.260 e. The number of rotatable bonds is 8. The largest absolute Gasteiger partial charge is 0.497 e. The zero-order valence-electron chi connectivity index (χ0n) is 57.7. The molecule has 4 saturated heterocycles. The molecule has 0 bridgehead atoms. The molecule has 14 nitrogen and oxygen atoms in total. The number of ether oxygens (including phenoxy) is 2. The van der Waals surface area contributed by atoms with E-state index in [0.29, 0.717) is 0 Å². The minimum Gasteiger partial charge on any atom is -0.497 e. The molecule has 0 N–H and O–H groups in total. The van der Waals surface area contributed by atoms with Gasteiger partial charge in [0.05, 0.1) is 14.2 Å². The number of hydrogen-bond acceptors (Lipinski definition) is 6. The third-order valence-corrected chi connectivity index (χ3v) is 28.8. The Labute approximate surface area is 530 Å². The van der Waals surface area contributed by atoms with Crippen LogP contribution in [0.2, 0.25) is 0 Å². The molecule has 480 valence electrons. The molecule has 0 aliphatic carbocycles. The number of benzene rings is 6. The minimum absolute atomic E-state index is 0.00965. The molecule has 0 atom stereocenters. The Morgan fingerprint density at radius 3 is 0.682 bits per heavy atom. The van der Waals surface area contributed by atoms with Gasteiger partial charge in [-0.15, -0.1) is 0 Å². The first-order valence-electron chi connectivity index (χ1n) is 30.9. The SMILES string of the molecule is CC(C)(C)N1CCN(C(C)(C)C)P1(C)=O.COc1ccc(N2CCN(c3ccc(OC)cc3)P2(C)=O)cc1.Cc1cc(C)c(N2CCN(c3c(C)cc(C)cc3C)P2(C)=O)c(C)c1.Cc1cc(C)c(N2CCN(c3c(C)cc(C)cc3C)P2(C)=O)c(C)c1. The lowest BCUT2D eigenvalue weighted by Crippen LogP contribution is -2.39. The zero-order valence-corrected chi connectivity index (χ0v) is 61.3. The summed E-state index contributed by atoms with van der Waals surface area (Å²) in [6, 6.07) is 32.9. The van der Waals surface area contributed by atoms with Gasteiger partial charge in [-0.25, -0.2) is 9.34 Å². The van der Waals surface area contributed by atoms with Gasteiger partial charge in [0, 0.05) is 124 Å².